The number of carbonyl (C=O) groups is 2. The first-order valence-corrected chi connectivity index (χ1v) is 6.45. The van der Waals surface area contributed by atoms with Crippen LogP contribution >= 0.6 is 0 Å². The van der Waals surface area contributed by atoms with Crippen molar-refractivity contribution in [2.45, 2.75) is 25.8 Å². The molecule has 0 aliphatic carbocycles. The highest BCUT2D eigenvalue weighted by atomic mass is 16.4. The van der Waals surface area contributed by atoms with Crippen molar-refractivity contribution in [2.24, 2.45) is 0 Å². The number of pyridine rings is 1. The number of fused-ring (bicyclic) bond motifs is 1. The average molecular weight is 288 g/mol. The molecule has 0 unspecified atom stereocenters. The minimum absolute atomic E-state index is 0.108. The normalized spacial score (nSPS) is 11.3. The van der Waals surface area contributed by atoms with Crippen LogP contribution in [-0.2, 0) is 4.79 Å². The maximum atomic E-state index is 12.2. The molecule has 0 atom stereocenters. The second-order valence-corrected chi connectivity index (χ2v) is 5.50. The van der Waals surface area contributed by atoms with Crippen LogP contribution in [0.4, 0.5) is 0 Å². The second-order valence-electron chi connectivity index (χ2n) is 5.50. The summed E-state index contributed by atoms with van der Waals surface area (Å²) in [5.74, 6) is -1.52. The van der Waals surface area contributed by atoms with Crippen LogP contribution in [0.1, 0.15) is 30.8 Å². The van der Waals surface area contributed by atoms with Crippen LogP contribution in [0.2, 0.25) is 0 Å². The minimum atomic E-state index is -1.01. The molecule has 21 heavy (non-hydrogen) atoms. The quantitative estimate of drug-likeness (QED) is 0.794. The molecule has 2 aromatic rings. The van der Waals surface area contributed by atoms with E-state index in [1.807, 2.05) is 0 Å². The summed E-state index contributed by atoms with van der Waals surface area (Å²) in [6.45, 7) is 3.22. The van der Waals surface area contributed by atoms with E-state index >= 15 is 0 Å². The molecule has 0 spiro atoms. The van der Waals surface area contributed by atoms with Crippen molar-refractivity contribution in [2.75, 3.05) is 0 Å². The van der Waals surface area contributed by atoms with Crippen LogP contribution in [0.5, 0.6) is 0 Å². The van der Waals surface area contributed by atoms with Gasteiger partial charge in [0.2, 0.25) is 0 Å². The maximum Gasteiger partial charge on any atom is 0.305 e. The first kappa shape index (κ1) is 14.8. The molecule has 0 aliphatic rings. The van der Waals surface area contributed by atoms with Gasteiger partial charge in [-0.2, -0.15) is 0 Å². The second kappa shape index (κ2) is 5.40. The molecule has 110 valence electrons. The molecule has 2 rings (SSSR count). The molecule has 1 aromatic carbocycles. The van der Waals surface area contributed by atoms with Crippen LogP contribution in [-0.4, -0.2) is 27.5 Å². The Morgan fingerprint density at radius 3 is 2.62 bits per heavy atom. The van der Waals surface area contributed by atoms with Gasteiger partial charge in [-0.1, -0.05) is 12.1 Å². The number of aliphatic carboxylic acids is 1. The van der Waals surface area contributed by atoms with E-state index < -0.39 is 17.4 Å². The maximum absolute atomic E-state index is 12.2. The number of H-pyrrole nitrogens is 1. The molecule has 0 fully saturated rings. The lowest BCUT2D eigenvalue weighted by atomic mass is 10.0. The SMILES string of the molecule is CC(C)(CC(=O)O)NC(=O)c1cc(=O)c2ccccc2[nH]1. The standard InChI is InChI=1S/C15H16N2O4/c1-15(2,8-13(19)20)17-14(21)11-7-12(18)9-5-3-4-6-10(9)16-11/h3-7H,8H2,1-2H3,(H,16,18)(H,17,21)(H,19,20). The minimum Gasteiger partial charge on any atom is -0.481 e. The number of carbonyl (C=O) groups excluding carboxylic acids is 1. The van der Waals surface area contributed by atoms with Crippen molar-refractivity contribution >= 4 is 22.8 Å². The summed E-state index contributed by atoms with van der Waals surface area (Å²) in [4.78, 5) is 37.8. The van der Waals surface area contributed by atoms with Gasteiger partial charge in [-0.3, -0.25) is 14.4 Å². The molecule has 3 N–H and O–H groups in total. The molecule has 0 bridgehead atoms. The summed E-state index contributed by atoms with van der Waals surface area (Å²) in [5.41, 5.74) is -0.500. The van der Waals surface area contributed by atoms with Gasteiger partial charge in [-0.25, -0.2) is 0 Å². The first-order chi connectivity index (χ1) is 9.78. The van der Waals surface area contributed by atoms with Crippen LogP contribution in [0, 0.1) is 0 Å². The first-order valence-electron chi connectivity index (χ1n) is 6.45. The van der Waals surface area contributed by atoms with Gasteiger partial charge >= 0.3 is 5.97 Å². The Hall–Kier alpha value is -2.63. The molecule has 1 amide bonds. The van der Waals surface area contributed by atoms with E-state index in [1.165, 1.54) is 6.07 Å². The van der Waals surface area contributed by atoms with Gasteiger partial charge in [0.05, 0.1) is 6.42 Å². The van der Waals surface area contributed by atoms with Crippen molar-refractivity contribution in [3.05, 3.63) is 46.2 Å². The third-order valence-corrected chi connectivity index (χ3v) is 3.03. The zero-order valence-electron chi connectivity index (χ0n) is 11.8. The fourth-order valence-corrected chi connectivity index (χ4v) is 2.12. The largest absolute Gasteiger partial charge is 0.481 e. The van der Waals surface area contributed by atoms with Crippen LogP contribution < -0.4 is 10.7 Å². The number of rotatable bonds is 4. The highest BCUT2D eigenvalue weighted by Crippen LogP contribution is 2.11. The Balaban J connectivity index is 2.32. The summed E-state index contributed by atoms with van der Waals surface area (Å²) in [7, 11) is 0. The Labute approximate surface area is 120 Å². The van der Waals surface area contributed by atoms with Gasteiger partial charge in [-0.05, 0) is 26.0 Å². The number of amides is 1. The van der Waals surface area contributed by atoms with Gasteiger partial charge in [0.15, 0.2) is 5.43 Å². The highest BCUT2D eigenvalue weighted by Gasteiger charge is 2.25. The number of aromatic nitrogens is 1. The molecular weight excluding hydrogens is 272 g/mol. The van der Waals surface area contributed by atoms with Crippen LogP contribution in [0.15, 0.2) is 35.1 Å². The number of benzene rings is 1. The van der Waals surface area contributed by atoms with Crippen LogP contribution in [0.25, 0.3) is 10.9 Å². The zero-order valence-corrected chi connectivity index (χ0v) is 11.8. The van der Waals surface area contributed by atoms with Gasteiger partial charge in [0, 0.05) is 22.5 Å². The lowest BCUT2D eigenvalue weighted by Crippen LogP contribution is -2.45. The third-order valence-electron chi connectivity index (χ3n) is 3.03. The van der Waals surface area contributed by atoms with E-state index in [4.69, 9.17) is 5.11 Å². The number of nitrogens with one attached hydrogen (secondary N) is 2. The fraction of sp³-hybridized carbons (Fsp3) is 0.267. The van der Waals surface area contributed by atoms with Crippen molar-refractivity contribution in [3.63, 3.8) is 0 Å². The Morgan fingerprint density at radius 1 is 1.29 bits per heavy atom. The van der Waals surface area contributed by atoms with Gasteiger partial charge in [0.1, 0.15) is 5.69 Å². The van der Waals surface area contributed by atoms with E-state index in [2.05, 4.69) is 10.3 Å². The Morgan fingerprint density at radius 2 is 1.95 bits per heavy atom. The molecule has 0 saturated carbocycles. The summed E-state index contributed by atoms with van der Waals surface area (Å²) >= 11 is 0. The summed E-state index contributed by atoms with van der Waals surface area (Å²) in [6.07, 6.45) is -0.212. The number of carboxylic acid groups (broad SMARTS) is 1. The molecular formula is C15H16N2O4. The molecule has 1 heterocycles. The van der Waals surface area contributed by atoms with Crippen molar-refractivity contribution < 1.29 is 14.7 Å². The monoisotopic (exact) mass is 288 g/mol. The predicted octanol–water partition coefficient (Wildman–Crippen LogP) is 1.51. The third kappa shape index (κ3) is 3.47. The van der Waals surface area contributed by atoms with Crippen LogP contribution in [0.3, 0.4) is 0 Å². The fourth-order valence-electron chi connectivity index (χ4n) is 2.12. The van der Waals surface area contributed by atoms with Crippen molar-refractivity contribution in [3.8, 4) is 0 Å². The molecule has 6 nitrogen and oxygen atoms in total. The molecule has 0 aliphatic heterocycles. The number of hydrogen-bond donors (Lipinski definition) is 3. The van der Waals surface area contributed by atoms with Crippen molar-refractivity contribution in [1.29, 1.82) is 0 Å². The smallest absolute Gasteiger partial charge is 0.305 e. The average Bonchev–Trinajstić information content (AvgIpc) is 2.36. The number of hydrogen-bond acceptors (Lipinski definition) is 3. The summed E-state index contributed by atoms with van der Waals surface area (Å²) in [5, 5.41) is 11.9. The van der Waals surface area contributed by atoms with E-state index in [9.17, 15) is 14.4 Å². The van der Waals surface area contributed by atoms with Gasteiger partial charge in [0.25, 0.3) is 5.91 Å². The molecule has 0 saturated heterocycles. The lowest BCUT2D eigenvalue weighted by Gasteiger charge is -2.24. The van der Waals surface area contributed by atoms with E-state index in [-0.39, 0.29) is 17.5 Å². The number of aromatic amines is 1. The van der Waals surface area contributed by atoms with Gasteiger partial charge in [-0.15, -0.1) is 0 Å². The Kier molecular flexibility index (Phi) is 3.80. The topological polar surface area (TPSA) is 99.3 Å². The number of para-hydroxylation sites is 1. The molecule has 6 heteroatoms. The van der Waals surface area contributed by atoms with E-state index in [0.717, 1.165) is 0 Å². The Bertz CT molecular complexity index is 762. The highest BCUT2D eigenvalue weighted by molar-refractivity contribution is 5.95. The van der Waals surface area contributed by atoms with E-state index in [1.54, 1.807) is 38.1 Å². The molecule has 1 aromatic heterocycles. The zero-order chi connectivity index (χ0) is 15.6. The van der Waals surface area contributed by atoms with E-state index in [0.29, 0.717) is 10.9 Å². The van der Waals surface area contributed by atoms with Gasteiger partial charge < -0.3 is 15.4 Å². The predicted molar refractivity (Wildman–Crippen MR) is 78.4 cm³/mol. The van der Waals surface area contributed by atoms with Crippen molar-refractivity contribution in [1.82, 2.24) is 10.3 Å². The molecule has 0 radical (unpaired) electrons. The number of carboxylic acids is 1. The summed E-state index contributed by atoms with van der Waals surface area (Å²) < 4.78 is 0. The lowest BCUT2D eigenvalue weighted by molar-refractivity contribution is -0.138. The summed E-state index contributed by atoms with van der Waals surface area (Å²) in [6, 6.07) is 8.09.